The smallest absolute Gasteiger partial charge is 0.233 e. The molecule has 1 aromatic rings. The summed E-state index contributed by atoms with van der Waals surface area (Å²) in [6, 6.07) is 0.0402. The Balaban J connectivity index is 1.35. The molecule has 12 heteroatoms. The Morgan fingerprint density at radius 3 is 2.97 bits per heavy atom. The zero-order valence-electron chi connectivity index (χ0n) is 16.9. The number of carbonyl (C=O) groups is 2. The number of hydrogen-bond acceptors (Lipinski definition) is 8. The molecule has 5 heterocycles. The molecule has 5 N–H and O–H groups in total. The number of carbonyl (C=O) groups excluding carboxylic acids is 2. The van der Waals surface area contributed by atoms with Crippen LogP contribution in [0.3, 0.4) is 0 Å². The van der Waals surface area contributed by atoms with Crippen LogP contribution in [0.15, 0.2) is 12.4 Å². The molecule has 4 aliphatic rings. The largest absolute Gasteiger partial charge is 0.364 e. The van der Waals surface area contributed by atoms with Crippen LogP contribution in [0.25, 0.3) is 0 Å². The Bertz CT molecular complexity index is 888. The molecule has 31 heavy (non-hydrogen) atoms. The van der Waals surface area contributed by atoms with E-state index < -0.39 is 36.1 Å². The fourth-order valence-corrected chi connectivity index (χ4v) is 5.10. The molecule has 0 saturated carbocycles. The van der Waals surface area contributed by atoms with Crippen molar-refractivity contribution in [2.75, 3.05) is 42.9 Å². The van der Waals surface area contributed by atoms with Crippen molar-refractivity contribution in [3.05, 3.63) is 18.2 Å². The van der Waals surface area contributed by atoms with E-state index in [1.165, 1.54) is 6.20 Å². The highest BCUT2D eigenvalue weighted by molar-refractivity contribution is 5.96. The van der Waals surface area contributed by atoms with Crippen molar-refractivity contribution in [3.63, 3.8) is 0 Å². The van der Waals surface area contributed by atoms with Crippen LogP contribution < -0.4 is 26.7 Å². The first-order chi connectivity index (χ1) is 14.9. The van der Waals surface area contributed by atoms with Gasteiger partial charge in [-0.1, -0.05) is 0 Å². The van der Waals surface area contributed by atoms with Crippen molar-refractivity contribution in [2.24, 2.45) is 11.7 Å². The average molecular weight is 436 g/mol. The Labute approximate surface area is 178 Å². The van der Waals surface area contributed by atoms with Crippen molar-refractivity contribution >= 4 is 23.2 Å². The van der Waals surface area contributed by atoms with Gasteiger partial charge >= 0.3 is 0 Å². The number of aromatic nitrogens is 1. The molecule has 0 spiro atoms. The topological polar surface area (TPSA) is 119 Å². The second-order valence-corrected chi connectivity index (χ2v) is 8.52. The molecule has 10 nitrogen and oxygen atoms in total. The fourth-order valence-electron chi connectivity index (χ4n) is 5.10. The van der Waals surface area contributed by atoms with Crippen molar-refractivity contribution in [2.45, 2.75) is 37.4 Å². The molecule has 0 aliphatic carbocycles. The highest BCUT2D eigenvalue weighted by Gasteiger charge is 2.47. The van der Waals surface area contributed by atoms with E-state index >= 15 is 0 Å². The Hall–Kier alpha value is -2.41. The van der Waals surface area contributed by atoms with Gasteiger partial charge in [0.15, 0.2) is 5.82 Å². The minimum atomic E-state index is -1.06. The lowest BCUT2D eigenvalue weighted by Crippen LogP contribution is -2.58. The second-order valence-electron chi connectivity index (χ2n) is 8.52. The maximum atomic E-state index is 14.8. The molecule has 0 radical (unpaired) electrons. The van der Waals surface area contributed by atoms with Crippen molar-refractivity contribution < 1.29 is 18.4 Å². The molecule has 4 fully saturated rings. The molecular weight excluding hydrogens is 410 g/mol. The van der Waals surface area contributed by atoms with Gasteiger partial charge in [-0.2, -0.15) is 0 Å². The second kappa shape index (κ2) is 7.93. The highest BCUT2D eigenvalue weighted by atomic mass is 19.1. The number of hydrogen-bond donors (Lipinski definition) is 4. The van der Waals surface area contributed by atoms with Crippen LogP contribution in [0.5, 0.6) is 0 Å². The maximum Gasteiger partial charge on any atom is 0.233 e. The van der Waals surface area contributed by atoms with E-state index in [0.717, 1.165) is 12.6 Å². The van der Waals surface area contributed by atoms with Crippen molar-refractivity contribution in [1.82, 2.24) is 25.6 Å². The fraction of sp³-hybridized carbons (Fsp3) is 0.632. The van der Waals surface area contributed by atoms with E-state index in [0.29, 0.717) is 26.1 Å². The number of halogens is 2. The van der Waals surface area contributed by atoms with Gasteiger partial charge < -0.3 is 20.9 Å². The van der Waals surface area contributed by atoms with Crippen LogP contribution in [0.4, 0.5) is 20.2 Å². The predicted molar refractivity (Wildman–Crippen MR) is 108 cm³/mol. The summed E-state index contributed by atoms with van der Waals surface area (Å²) in [5.41, 5.74) is 9.56. The molecule has 5 atom stereocenters. The van der Waals surface area contributed by atoms with Gasteiger partial charge in [0.2, 0.25) is 11.8 Å². The summed E-state index contributed by atoms with van der Waals surface area (Å²) in [4.78, 5) is 32.7. The van der Waals surface area contributed by atoms with E-state index in [9.17, 15) is 18.4 Å². The molecule has 5 rings (SSSR count). The van der Waals surface area contributed by atoms with Gasteiger partial charge in [0.25, 0.3) is 0 Å². The van der Waals surface area contributed by atoms with Crippen molar-refractivity contribution in [1.29, 1.82) is 0 Å². The SMILES string of the molecule is NC1NN2CC(F)CNC2C1C(=O)Nc1cncc(F)c1N1CCN2C(=O)CCC2C1. The molecule has 168 valence electrons. The first kappa shape index (κ1) is 20.5. The van der Waals surface area contributed by atoms with E-state index in [1.54, 1.807) is 5.01 Å². The van der Waals surface area contributed by atoms with Gasteiger partial charge in [-0.3, -0.25) is 19.9 Å². The number of alkyl halides is 1. The van der Waals surface area contributed by atoms with Gasteiger partial charge in [0.05, 0.1) is 36.3 Å². The highest BCUT2D eigenvalue weighted by Crippen LogP contribution is 2.33. The number of anilines is 2. The molecular formula is C19H26F2N8O2. The molecule has 4 saturated heterocycles. The van der Waals surface area contributed by atoms with Gasteiger partial charge in [-0.05, 0) is 6.42 Å². The lowest BCUT2D eigenvalue weighted by Gasteiger charge is -2.39. The number of rotatable bonds is 3. The molecule has 5 unspecified atom stereocenters. The minimum absolute atomic E-state index is 0.0402. The van der Waals surface area contributed by atoms with Gasteiger partial charge in [0.1, 0.15) is 11.9 Å². The summed E-state index contributed by atoms with van der Waals surface area (Å²) in [5.74, 6) is -1.51. The Morgan fingerprint density at radius 1 is 1.29 bits per heavy atom. The zero-order valence-corrected chi connectivity index (χ0v) is 16.9. The molecule has 0 aromatic carbocycles. The number of nitrogens with zero attached hydrogens (tertiary/aromatic N) is 4. The first-order valence-electron chi connectivity index (χ1n) is 10.6. The average Bonchev–Trinajstić information content (AvgIpc) is 3.26. The van der Waals surface area contributed by atoms with Crippen LogP contribution in [0.1, 0.15) is 12.8 Å². The van der Waals surface area contributed by atoms with Crippen LogP contribution in [-0.2, 0) is 9.59 Å². The summed E-state index contributed by atoms with van der Waals surface area (Å²) >= 11 is 0. The number of amides is 2. The quantitative estimate of drug-likeness (QED) is 0.475. The third-order valence-corrected chi connectivity index (χ3v) is 6.57. The van der Waals surface area contributed by atoms with Crippen LogP contribution in [0.2, 0.25) is 0 Å². The van der Waals surface area contributed by atoms with E-state index in [2.05, 4.69) is 21.0 Å². The number of nitrogens with two attached hydrogens (primary N) is 1. The van der Waals surface area contributed by atoms with Crippen LogP contribution in [0, 0.1) is 11.7 Å². The standard InChI is InChI=1S/C19H26F2N8O2/c20-10-5-24-18-15(17(22)26-29(18)8-10)19(31)25-13-7-23-6-12(21)16(13)27-3-4-28-11(9-27)1-2-14(28)30/h6-7,10-11,15,17-18,24,26H,1-5,8-9,22H2,(H,25,31). The minimum Gasteiger partial charge on any atom is -0.364 e. The summed E-state index contributed by atoms with van der Waals surface area (Å²) in [6.07, 6.45) is 1.56. The van der Waals surface area contributed by atoms with E-state index in [4.69, 9.17) is 5.73 Å². The Kier molecular flexibility index (Phi) is 5.24. The van der Waals surface area contributed by atoms with Crippen LogP contribution >= 0.6 is 0 Å². The monoisotopic (exact) mass is 436 g/mol. The van der Waals surface area contributed by atoms with E-state index in [1.807, 2.05) is 9.80 Å². The summed E-state index contributed by atoms with van der Waals surface area (Å²) in [5, 5.41) is 7.40. The Morgan fingerprint density at radius 2 is 2.13 bits per heavy atom. The maximum absolute atomic E-state index is 14.8. The summed E-state index contributed by atoms with van der Waals surface area (Å²) in [6.45, 7) is 1.74. The van der Waals surface area contributed by atoms with Crippen molar-refractivity contribution in [3.8, 4) is 0 Å². The van der Waals surface area contributed by atoms with Crippen LogP contribution in [-0.4, -0.2) is 84.0 Å². The van der Waals surface area contributed by atoms with Gasteiger partial charge in [-0.15, -0.1) is 0 Å². The number of nitrogens with one attached hydrogen (secondary N) is 3. The molecule has 2 amide bonds. The predicted octanol–water partition coefficient (Wildman–Crippen LogP) is -1.04. The third-order valence-electron chi connectivity index (χ3n) is 6.57. The number of piperazine rings is 1. The number of pyridine rings is 1. The van der Waals surface area contributed by atoms with Gasteiger partial charge in [-0.25, -0.2) is 19.2 Å². The lowest BCUT2D eigenvalue weighted by atomic mass is 10.0. The van der Waals surface area contributed by atoms with Gasteiger partial charge in [0, 0.05) is 45.2 Å². The number of fused-ring (bicyclic) bond motifs is 2. The first-order valence-corrected chi connectivity index (χ1v) is 10.6. The zero-order chi connectivity index (χ0) is 21.7. The molecule has 4 aliphatic heterocycles. The number of hydrazine groups is 1. The molecule has 1 aromatic heterocycles. The normalized spacial score (nSPS) is 33.4. The molecule has 0 bridgehead atoms. The third kappa shape index (κ3) is 3.63. The van der Waals surface area contributed by atoms with E-state index in [-0.39, 0.29) is 36.4 Å². The summed E-state index contributed by atoms with van der Waals surface area (Å²) in [7, 11) is 0. The lowest BCUT2D eigenvalue weighted by molar-refractivity contribution is -0.129. The summed E-state index contributed by atoms with van der Waals surface area (Å²) < 4.78 is 28.5.